The predicted octanol–water partition coefficient (Wildman–Crippen LogP) is 1.78. The van der Waals surface area contributed by atoms with Gasteiger partial charge < -0.3 is 9.64 Å². The van der Waals surface area contributed by atoms with E-state index < -0.39 is 6.10 Å². The van der Waals surface area contributed by atoms with Crippen LogP contribution in [0.3, 0.4) is 0 Å². The van der Waals surface area contributed by atoms with Crippen LogP contribution in [0.2, 0.25) is 0 Å². The maximum Gasteiger partial charge on any atom is 0.257 e. The van der Waals surface area contributed by atoms with Crippen LogP contribution in [-0.4, -0.2) is 30.5 Å². The van der Waals surface area contributed by atoms with Crippen LogP contribution < -0.4 is 0 Å². The lowest BCUT2D eigenvalue weighted by Crippen LogP contribution is -2.38. The minimum absolute atomic E-state index is 0.0393. The summed E-state index contributed by atoms with van der Waals surface area (Å²) in [6.45, 7) is 3.44. The first-order chi connectivity index (χ1) is 8.77. The molecular formula is C15H17NO2. The van der Waals surface area contributed by atoms with Crippen LogP contribution in [0.1, 0.15) is 24.2 Å². The van der Waals surface area contributed by atoms with Crippen LogP contribution in [0.5, 0.6) is 0 Å². The van der Waals surface area contributed by atoms with Crippen LogP contribution in [0.15, 0.2) is 24.3 Å². The van der Waals surface area contributed by atoms with Gasteiger partial charge in [0.2, 0.25) is 0 Å². The Bertz CT molecular complexity index is 476. The zero-order valence-corrected chi connectivity index (χ0v) is 10.6. The maximum atomic E-state index is 12.4. The van der Waals surface area contributed by atoms with Crippen molar-refractivity contribution in [1.82, 2.24) is 4.90 Å². The number of rotatable bonds is 3. The van der Waals surface area contributed by atoms with Crippen LogP contribution in [0, 0.1) is 12.3 Å². The molecule has 0 fully saturated rings. The first-order valence-electron chi connectivity index (χ1n) is 6.19. The van der Waals surface area contributed by atoms with Crippen molar-refractivity contribution in [2.75, 3.05) is 19.7 Å². The maximum absolute atomic E-state index is 12.4. The molecule has 18 heavy (non-hydrogen) atoms. The van der Waals surface area contributed by atoms with Crippen molar-refractivity contribution in [3.63, 3.8) is 0 Å². The van der Waals surface area contributed by atoms with Crippen molar-refractivity contribution in [1.29, 1.82) is 0 Å². The lowest BCUT2D eigenvalue weighted by atomic mass is 9.97. The van der Waals surface area contributed by atoms with E-state index in [-0.39, 0.29) is 5.91 Å². The number of carbonyl (C=O) groups is 1. The molecule has 0 N–H and O–H groups in total. The van der Waals surface area contributed by atoms with E-state index in [1.54, 1.807) is 4.90 Å². The minimum Gasteiger partial charge on any atom is -0.363 e. The summed E-state index contributed by atoms with van der Waals surface area (Å²) in [5, 5.41) is 0. The summed E-state index contributed by atoms with van der Waals surface area (Å²) in [6.07, 6.45) is 5.65. The lowest BCUT2D eigenvalue weighted by Gasteiger charge is -2.29. The second-order valence-electron chi connectivity index (χ2n) is 4.26. The second kappa shape index (κ2) is 5.70. The van der Waals surface area contributed by atoms with Crippen molar-refractivity contribution in [2.45, 2.75) is 19.4 Å². The van der Waals surface area contributed by atoms with Crippen LogP contribution in [0.25, 0.3) is 0 Å². The fourth-order valence-electron chi connectivity index (χ4n) is 2.22. The van der Waals surface area contributed by atoms with E-state index in [0.717, 1.165) is 12.0 Å². The molecule has 0 saturated carbocycles. The smallest absolute Gasteiger partial charge is 0.257 e. The molecule has 1 amide bonds. The van der Waals surface area contributed by atoms with E-state index in [2.05, 4.69) is 12.0 Å². The van der Waals surface area contributed by atoms with Crippen LogP contribution in [-0.2, 0) is 16.0 Å². The molecule has 0 saturated heterocycles. The number of nitrogens with zero attached hydrogens (tertiary/aromatic N) is 1. The molecule has 0 spiro atoms. The van der Waals surface area contributed by atoms with Gasteiger partial charge in [-0.15, -0.1) is 6.42 Å². The Hall–Kier alpha value is -1.79. The van der Waals surface area contributed by atoms with Crippen molar-refractivity contribution in [3.05, 3.63) is 35.4 Å². The van der Waals surface area contributed by atoms with Gasteiger partial charge in [0.05, 0.1) is 13.2 Å². The highest BCUT2D eigenvalue weighted by atomic mass is 16.5. The topological polar surface area (TPSA) is 29.5 Å². The molecule has 0 aliphatic carbocycles. The third-order valence-corrected chi connectivity index (χ3v) is 3.19. The number of hydrogen-bond acceptors (Lipinski definition) is 2. The molecule has 1 aliphatic heterocycles. The number of amides is 1. The summed E-state index contributed by atoms with van der Waals surface area (Å²) in [5.41, 5.74) is 2.17. The molecule has 0 bridgehead atoms. The molecule has 0 aromatic heterocycles. The first kappa shape index (κ1) is 12.7. The Morgan fingerprint density at radius 3 is 3.06 bits per heavy atom. The average Bonchev–Trinajstić information content (AvgIpc) is 2.43. The van der Waals surface area contributed by atoms with E-state index in [4.69, 9.17) is 11.2 Å². The van der Waals surface area contributed by atoms with Gasteiger partial charge in [0.1, 0.15) is 0 Å². The normalized spacial score (nSPS) is 17.7. The number of hydrogen-bond donors (Lipinski definition) is 0. The summed E-state index contributed by atoms with van der Waals surface area (Å²) < 4.78 is 5.64. The fourth-order valence-corrected chi connectivity index (χ4v) is 2.22. The van der Waals surface area contributed by atoms with Gasteiger partial charge in [-0.05, 0) is 24.5 Å². The molecule has 1 unspecified atom stereocenters. The molecule has 3 heteroatoms. The summed E-state index contributed by atoms with van der Waals surface area (Å²) in [4.78, 5) is 14.0. The van der Waals surface area contributed by atoms with Crippen LogP contribution in [0.4, 0.5) is 0 Å². The van der Waals surface area contributed by atoms with E-state index in [1.807, 2.05) is 25.1 Å². The van der Waals surface area contributed by atoms with Crippen molar-refractivity contribution in [2.24, 2.45) is 0 Å². The molecule has 1 aromatic rings. The molecular weight excluding hydrogens is 226 g/mol. The Morgan fingerprint density at radius 2 is 2.33 bits per heavy atom. The second-order valence-corrected chi connectivity index (χ2v) is 4.26. The largest absolute Gasteiger partial charge is 0.363 e. The van der Waals surface area contributed by atoms with Gasteiger partial charge in [0.25, 0.3) is 5.91 Å². The molecule has 1 aliphatic rings. The van der Waals surface area contributed by atoms with Crippen molar-refractivity contribution < 1.29 is 9.53 Å². The van der Waals surface area contributed by atoms with E-state index in [1.165, 1.54) is 5.56 Å². The third kappa shape index (κ3) is 2.39. The molecule has 94 valence electrons. The van der Waals surface area contributed by atoms with Gasteiger partial charge in [-0.25, -0.2) is 0 Å². The molecule has 1 heterocycles. The molecule has 1 aromatic carbocycles. The van der Waals surface area contributed by atoms with Crippen molar-refractivity contribution in [3.8, 4) is 12.3 Å². The Kier molecular flexibility index (Phi) is 4.01. The average molecular weight is 243 g/mol. The lowest BCUT2D eigenvalue weighted by molar-refractivity contribution is -0.144. The standard InChI is InChI=1S/C15H17NO2/c1-3-10-16(4-2)15(17)14-13-8-6-5-7-12(13)9-11-18-14/h1,5-8,14H,4,9-11H2,2H3. The summed E-state index contributed by atoms with van der Waals surface area (Å²) >= 11 is 0. The summed E-state index contributed by atoms with van der Waals surface area (Å²) in [7, 11) is 0. The van der Waals surface area contributed by atoms with E-state index in [0.29, 0.717) is 19.7 Å². The predicted molar refractivity (Wildman–Crippen MR) is 69.9 cm³/mol. The zero-order valence-electron chi connectivity index (χ0n) is 10.6. The third-order valence-electron chi connectivity index (χ3n) is 3.19. The molecule has 0 radical (unpaired) electrons. The number of carbonyl (C=O) groups excluding carboxylic acids is 1. The van der Waals surface area contributed by atoms with Gasteiger partial charge in [0.15, 0.2) is 6.10 Å². The highest BCUT2D eigenvalue weighted by molar-refractivity contribution is 5.83. The number of terminal acetylenes is 1. The number of fused-ring (bicyclic) bond motifs is 1. The molecule has 3 nitrogen and oxygen atoms in total. The number of benzene rings is 1. The molecule has 1 atom stereocenters. The van der Waals surface area contributed by atoms with Gasteiger partial charge >= 0.3 is 0 Å². The highest BCUT2D eigenvalue weighted by Gasteiger charge is 2.29. The molecule has 2 rings (SSSR count). The summed E-state index contributed by atoms with van der Waals surface area (Å²) in [6, 6.07) is 7.94. The van der Waals surface area contributed by atoms with Crippen molar-refractivity contribution >= 4 is 5.91 Å². The van der Waals surface area contributed by atoms with Gasteiger partial charge in [-0.1, -0.05) is 30.2 Å². The minimum atomic E-state index is -0.497. The monoisotopic (exact) mass is 243 g/mol. The zero-order chi connectivity index (χ0) is 13.0. The van der Waals surface area contributed by atoms with Crippen LogP contribution >= 0.6 is 0 Å². The summed E-state index contributed by atoms with van der Waals surface area (Å²) in [5.74, 6) is 2.47. The first-order valence-corrected chi connectivity index (χ1v) is 6.19. The number of ether oxygens (including phenoxy) is 1. The fraction of sp³-hybridized carbons (Fsp3) is 0.400. The Balaban J connectivity index is 2.25. The van der Waals surface area contributed by atoms with E-state index >= 15 is 0 Å². The SMILES string of the molecule is C#CCN(CC)C(=O)C1OCCc2ccccc21. The van der Waals surface area contributed by atoms with Gasteiger partial charge in [0, 0.05) is 6.54 Å². The van der Waals surface area contributed by atoms with E-state index in [9.17, 15) is 4.79 Å². The Labute approximate surface area is 108 Å². The van der Waals surface area contributed by atoms with Gasteiger partial charge in [-0.3, -0.25) is 4.79 Å². The highest BCUT2D eigenvalue weighted by Crippen LogP contribution is 2.28. The number of likely N-dealkylation sites (N-methyl/N-ethyl adjacent to an activating group) is 1. The quantitative estimate of drug-likeness (QED) is 0.757. The van der Waals surface area contributed by atoms with Gasteiger partial charge in [-0.2, -0.15) is 0 Å². The Morgan fingerprint density at radius 1 is 1.56 bits per heavy atom.